The van der Waals surface area contributed by atoms with Gasteiger partial charge in [0.25, 0.3) is 0 Å². The van der Waals surface area contributed by atoms with Crippen LogP contribution in [0.25, 0.3) is 0 Å². The van der Waals surface area contributed by atoms with Crippen molar-refractivity contribution in [1.82, 2.24) is 5.32 Å². The minimum Gasteiger partial charge on any atom is -0.316 e. The molecule has 0 aromatic heterocycles. The topological polar surface area (TPSA) is 12.0 Å². The van der Waals surface area contributed by atoms with E-state index in [-0.39, 0.29) is 0 Å². The molecule has 0 amide bonds. The molecule has 0 aromatic rings. The summed E-state index contributed by atoms with van der Waals surface area (Å²) in [6.45, 7) is 4.81. The van der Waals surface area contributed by atoms with Crippen molar-refractivity contribution in [2.75, 3.05) is 13.1 Å². The van der Waals surface area contributed by atoms with Gasteiger partial charge in [-0.3, -0.25) is 0 Å². The van der Waals surface area contributed by atoms with Gasteiger partial charge in [0.15, 0.2) is 0 Å². The minimum atomic E-state index is 0.984. The lowest BCUT2D eigenvalue weighted by Crippen LogP contribution is -2.20. The highest BCUT2D eigenvalue weighted by Crippen LogP contribution is 2.16. The second-order valence-electron chi connectivity index (χ2n) is 3.71. The van der Waals surface area contributed by atoms with Gasteiger partial charge in [0.1, 0.15) is 0 Å². The Kier molecular flexibility index (Phi) is 4.60. The van der Waals surface area contributed by atoms with Crippen LogP contribution in [-0.4, -0.2) is 13.1 Å². The number of rotatable bonds is 3. The van der Waals surface area contributed by atoms with Crippen LogP contribution in [0.1, 0.15) is 45.4 Å². The van der Waals surface area contributed by atoms with Gasteiger partial charge in [-0.1, -0.05) is 26.2 Å². The zero-order valence-corrected chi connectivity index (χ0v) is 7.73. The Morgan fingerprint density at radius 1 is 1.36 bits per heavy atom. The molecule has 1 atom stereocenters. The van der Waals surface area contributed by atoms with Crippen molar-refractivity contribution in [2.24, 2.45) is 5.92 Å². The Bertz CT molecular complexity index is 82.9. The second-order valence-corrected chi connectivity index (χ2v) is 3.71. The van der Waals surface area contributed by atoms with Crippen molar-refractivity contribution < 1.29 is 0 Å². The van der Waals surface area contributed by atoms with E-state index in [1.54, 1.807) is 0 Å². The third-order valence-electron chi connectivity index (χ3n) is 2.61. The third kappa shape index (κ3) is 3.76. The van der Waals surface area contributed by atoms with E-state index in [9.17, 15) is 0 Å². The highest BCUT2D eigenvalue weighted by atomic mass is 14.9. The number of hydrogen-bond acceptors (Lipinski definition) is 1. The van der Waals surface area contributed by atoms with Gasteiger partial charge in [0.2, 0.25) is 0 Å². The maximum atomic E-state index is 3.51. The Morgan fingerprint density at radius 2 is 2.27 bits per heavy atom. The van der Waals surface area contributed by atoms with Gasteiger partial charge in [-0.15, -0.1) is 0 Å². The van der Waals surface area contributed by atoms with Crippen molar-refractivity contribution in [2.45, 2.75) is 45.4 Å². The molecule has 1 heterocycles. The highest BCUT2D eigenvalue weighted by molar-refractivity contribution is 4.66. The maximum Gasteiger partial charge on any atom is -0.00205 e. The fourth-order valence-corrected chi connectivity index (χ4v) is 1.83. The smallest absolute Gasteiger partial charge is 0.00205 e. The van der Waals surface area contributed by atoms with Crippen LogP contribution >= 0.6 is 0 Å². The van der Waals surface area contributed by atoms with Gasteiger partial charge in [-0.2, -0.15) is 0 Å². The van der Waals surface area contributed by atoms with Crippen LogP contribution in [0.5, 0.6) is 0 Å². The molecule has 1 unspecified atom stereocenters. The predicted molar refractivity (Wildman–Crippen MR) is 49.7 cm³/mol. The van der Waals surface area contributed by atoms with Crippen molar-refractivity contribution in [3.05, 3.63) is 0 Å². The Balaban J connectivity index is 2.09. The fourth-order valence-electron chi connectivity index (χ4n) is 1.83. The lowest BCUT2D eigenvalue weighted by atomic mass is 9.97. The van der Waals surface area contributed by atoms with Crippen molar-refractivity contribution in [3.63, 3.8) is 0 Å². The molecule has 0 aliphatic carbocycles. The molecule has 0 spiro atoms. The van der Waals surface area contributed by atoms with E-state index in [1.165, 1.54) is 51.6 Å². The molecule has 1 saturated heterocycles. The number of nitrogens with one attached hydrogen (secondary N) is 1. The van der Waals surface area contributed by atoms with Crippen LogP contribution in [0.15, 0.2) is 0 Å². The second kappa shape index (κ2) is 5.59. The van der Waals surface area contributed by atoms with E-state index >= 15 is 0 Å². The van der Waals surface area contributed by atoms with Crippen molar-refractivity contribution in [3.8, 4) is 0 Å². The molecular formula is C10H21N. The summed E-state index contributed by atoms with van der Waals surface area (Å²) in [6.07, 6.45) is 8.53. The molecule has 1 heteroatoms. The van der Waals surface area contributed by atoms with E-state index in [0.717, 1.165) is 5.92 Å². The Morgan fingerprint density at radius 3 is 3.09 bits per heavy atom. The van der Waals surface area contributed by atoms with E-state index in [0.29, 0.717) is 0 Å². The number of unbranched alkanes of at least 4 members (excludes halogenated alkanes) is 1. The molecule has 66 valence electrons. The number of hydrogen-bond donors (Lipinski definition) is 1. The summed E-state index contributed by atoms with van der Waals surface area (Å²) >= 11 is 0. The summed E-state index contributed by atoms with van der Waals surface area (Å²) in [5.74, 6) is 0.984. The van der Waals surface area contributed by atoms with Gasteiger partial charge >= 0.3 is 0 Å². The molecule has 1 fully saturated rings. The highest BCUT2D eigenvalue weighted by Gasteiger charge is 2.10. The van der Waals surface area contributed by atoms with Crippen LogP contribution in [0, 0.1) is 5.92 Å². The van der Waals surface area contributed by atoms with Gasteiger partial charge in [0.05, 0.1) is 0 Å². The molecule has 0 bridgehead atoms. The standard InChI is InChI=1S/C10H21N/c1-2-3-6-10-7-4-5-8-11-9-10/h10-11H,2-9H2,1H3. The van der Waals surface area contributed by atoms with Crippen LogP contribution in [0.2, 0.25) is 0 Å². The maximum absolute atomic E-state index is 3.51. The summed E-state index contributed by atoms with van der Waals surface area (Å²) < 4.78 is 0. The fraction of sp³-hybridized carbons (Fsp3) is 1.00. The first-order valence-electron chi connectivity index (χ1n) is 5.14. The van der Waals surface area contributed by atoms with Crippen LogP contribution in [0.4, 0.5) is 0 Å². The van der Waals surface area contributed by atoms with Crippen LogP contribution in [0.3, 0.4) is 0 Å². The molecular weight excluding hydrogens is 134 g/mol. The normalized spacial score (nSPS) is 26.5. The van der Waals surface area contributed by atoms with Crippen LogP contribution in [-0.2, 0) is 0 Å². The molecule has 1 N–H and O–H groups in total. The zero-order chi connectivity index (χ0) is 7.94. The van der Waals surface area contributed by atoms with E-state index in [4.69, 9.17) is 0 Å². The summed E-state index contributed by atoms with van der Waals surface area (Å²) in [7, 11) is 0. The summed E-state index contributed by atoms with van der Waals surface area (Å²) in [4.78, 5) is 0. The Labute approximate surface area is 70.6 Å². The van der Waals surface area contributed by atoms with E-state index < -0.39 is 0 Å². The van der Waals surface area contributed by atoms with Crippen molar-refractivity contribution >= 4 is 0 Å². The monoisotopic (exact) mass is 155 g/mol. The van der Waals surface area contributed by atoms with Gasteiger partial charge in [0, 0.05) is 0 Å². The average molecular weight is 155 g/mol. The summed E-state index contributed by atoms with van der Waals surface area (Å²) in [6, 6.07) is 0. The van der Waals surface area contributed by atoms with Gasteiger partial charge in [-0.05, 0) is 38.3 Å². The zero-order valence-electron chi connectivity index (χ0n) is 7.73. The SMILES string of the molecule is CCCCC1CCCCNC1. The third-order valence-corrected chi connectivity index (χ3v) is 2.61. The average Bonchev–Trinajstić information content (AvgIpc) is 2.28. The van der Waals surface area contributed by atoms with Crippen molar-refractivity contribution in [1.29, 1.82) is 0 Å². The largest absolute Gasteiger partial charge is 0.316 e. The lowest BCUT2D eigenvalue weighted by molar-refractivity contribution is 0.431. The molecule has 0 radical (unpaired) electrons. The summed E-state index contributed by atoms with van der Waals surface area (Å²) in [5.41, 5.74) is 0. The van der Waals surface area contributed by atoms with Gasteiger partial charge in [-0.25, -0.2) is 0 Å². The molecule has 1 aliphatic rings. The predicted octanol–water partition coefficient (Wildman–Crippen LogP) is 2.57. The molecule has 1 rings (SSSR count). The Hall–Kier alpha value is -0.0400. The first-order valence-corrected chi connectivity index (χ1v) is 5.14. The summed E-state index contributed by atoms with van der Waals surface area (Å²) in [5, 5.41) is 3.51. The van der Waals surface area contributed by atoms with E-state index in [2.05, 4.69) is 12.2 Å². The molecule has 0 aromatic carbocycles. The van der Waals surface area contributed by atoms with Crippen LogP contribution < -0.4 is 5.32 Å². The molecule has 1 nitrogen and oxygen atoms in total. The minimum absolute atomic E-state index is 0.984. The quantitative estimate of drug-likeness (QED) is 0.660. The lowest BCUT2D eigenvalue weighted by Gasteiger charge is -2.12. The van der Waals surface area contributed by atoms with Gasteiger partial charge < -0.3 is 5.32 Å². The molecule has 11 heavy (non-hydrogen) atoms. The first-order chi connectivity index (χ1) is 5.43. The molecule has 1 aliphatic heterocycles. The van der Waals surface area contributed by atoms with E-state index in [1.807, 2.05) is 0 Å². The first kappa shape index (κ1) is 9.05. The molecule has 0 saturated carbocycles.